The quantitative estimate of drug-likeness (QED) is 0.811. The number of likely N-dealkylation sites (N-methyl/N-ethyl adjacent to an activating group) is 1. The molecule has 0 heterocycles. The van der Waals surface area contributed by atoms with Crippen molar-refractivity contribution in [1.82, 2.24) is 10.2 Å². The van der Waals surface area contributed by atoms with E-state index in [1.54, 1.807) is 18.9 Å². The van der Waals surface area contributed by atoms with Crippen LogP contribution in [0.2, 0.25) is 0 Å². The Morgan fingerprint density at radius 1 is 1.08 bits per heavy atom. The van der Waals surface area contributed by atoms with Gasteiger partial charge in [-0.05, 0) is 43.8 Å². The molecular weight excluding hydrogens is 321 g/mol. The highest BCUT2D eigenvalue weighted by molar-refractivity contribution is 5.92. The number of nitrogens with one attached hydrogen (secondary N) is 2. The van der Waals surface area contributed by atoms with Gasteiger partial charge in [-0.15, -0.1) is 0 Å². The first kappa shape index (κ1) is 18.6. The molecule has 0 bridgehead atoms. The van der Waals surface area contributed by atoms with Crippen molar-refractivity contribution in [2.45, 2.75) is 19.5 Å². The SMILES string of the molecule is CC(C(=O)NCc1ccccc1)N(C)CC(=O)Nc1ccc(F)cc1. The molecule has 1 unspecified atom stereocenters. The van der Waals surface area contributed by atoms with E-state index in [9.17, 15) is 14.0 Å². The van der Waals surface area contributed by atoms with E-state index < -0.39 is 6.04 Å². The fourth-order valence-corrected chi connectivity index (χ4v) is 2.23. The van der Waals surface area contributed by atoms with Crippen LogP contribution in [0.5, 0.6) is 0 Å². The third kappa shape index (κ3) is 6.00. The first-order valence-corrected chi connectivity index (χ1v) is 8.03. The van der Waals surface area contributed by atoms with Gasteiger partial charge in [-0.1, -0.05) is 30.3 Å². The molecule has 2 rings (SSSR count). The zero-order valence-electron chi connectivity index (χ0n) is 14.3. The first-order chi connectivity index (χ1) is 12.0. The molecule has 2 N–H and O–H groups in total. The van der Waals surface area contributed by atoms with Crippen LogP contribution in [0.4, 0.5) is 10.1 Å². The van der Waals surface area contributed by atoms with Crippen LogP contribution in [0.3, 0.4) is 0 Å². The Balaban J connectivity index is 1.80. The number of rotatable bonds is 7. The van der Waals surface area contributed by atoms with Crippen molar-refractivity contribution in [2.24, 2.45) is 0 Å². The Morgan fingerprint density at radius 3 is 2.36 bits per heavy atom. The van der Waals surface area contributed by atoms with Crippen LogP contribution >= 0.6 is 0 Å². The summed E-state index contributed by atoms with van der Waals surface area (Å²) >= 11 is 0. The van der Waals surface area contributed by atoms with Crippen LogP contribution in [0.15, 0.2) is 54.6 Å². The lowest BCUT2D eigenvalue weighted by Gasteiger charge is -2.23. The van der Waals surface area contributed by atoms with Crippen molar-refractivity contribution in [3.63, 3.8) is 0 Å². The molecule has 0 fully saturated rings. The molecule has 0 aliphatic carbocycles. The highest BCUT2D eigenvalue weighted by atomic mass is 19.1. The standard InChI is InChI=1S/C19H22FN3O2/c1-14(19(25)21-12-15-6-4-3-5-7-15)23(2)13-18(24)22-17-10-8-16(20)9-11-17/h3-11,14H,12-13H2,1-2H3,(H,21,25)(H,22,24). The Kier molecular flexibility index (Phi) is 6.65. The van der Waals surface area contributed by atoms with Crippen molar-refractivity contribution in [2.75, 3.05) is 18.9 Å². The molecule has 0 aliphatic heterocycles. The molecule has 2 aromatic carbocycles. The van der Waals surface area contributed by atoms with E-state index in [1.807, 2.05) is 30.3 Å². The molecule has 2 amide bonds. The predicted molar refractivity (Wildman–Crippen MR) is 95.4 cm³/mol. The Bertz CT molecular complexity index is 704. The molecule has 0 aliphatic rings. The third-order valence-electron chi connectivity index (χ3n) is 3.87. The van der Waals surface area contributed by atoms with Crippen LogP contribution < -0.4 is 10.6 Å². The van der Waals surface area contributed by atoms with Crippen molar-refractivity contribution in [3.05, 3.63) is 66.0 Å². The minimum Gasteiger partial charge on any atom is -0.351 e. The fraction of sp³-hybridized carbons (Fsp3) is 0.263. The van der Waals surface area contributed by atoms with Crippen LogP contribution in [0.25, 0.3) is 0 Å². The molecule has 0 saturated carbocycles. The summed E-state index contributed by atoms with van der Waals surface area (Å²) in [6, 6.07) is 14.7. The van der Waals surface area contributed by atoms with E-state index in [1.165, 1.54) is 24.3 Å². The van der Waals surface area contributed by atoms with Crippen molar-refractivity contribution in [1.29, 1.82) is 0 Å². The number of hydrogen-bond acceptors (Lipinski definition) is 3. The highest BCUT2D eigenvalue weighted by Crippen LogP contribution is 2.08. The Labute approximate surface area is 146 Å². The second kappa shape index (κ2) is 8.94. The second-order valence-corrected chi connectivity index (χ2v) is 5.85. The summed E-state index contributed by atoms with van der Waals surface area (Å²) in [5, 5.41) is 5.53. The van der Waals surface area contributed by atoms with Crippen molar-refractivity contribution in [3.8, 4) is 0 Å². The van der Waals surface area contributed by atoms with Crippen LogP contribution in [0.1, 0.15) is 12.5 Å². The lowest BCUT2D eigenvalue weighted by atomic mass is 10.2. The molecule has 5 nitrogen and oxygen atoms in total. The number of halogens is 1. The molecule has 2 aromatic rings. The molecule has 0 radical (unpaired) electrons. The monoisotopic (exact) mass is 343 g/mol. The average Bonchev–Trinajstić information content (AvgIpc) is 2.61. The summed E-state index contributed by atoms with van der Waals surface area (Å²) in [5.41, 5.74) is 1.53. The van der Waals surface area contributed by atoms with Gasteiger partial charge >= 0.3 is 0 Å². The maximum atomic E-state index is 12.9. The zero-order valence-corrected chi connectivity index (χ0v) is 14.3. The van der Waals surface area contributed by atoms with Gasteiger partial charge < -0.3 is 10.6 Å². The smallest absolute Gasteiger partial charge is 0.238 e. The maximum absolute atomic E-state index is 12.9. The summed E-state index contributed by atoms with van der Waals surface area (Å²) in [6.45, 7) is 2.24. The molecular formula is C19H22FN3O2. The summed E-state index contributed by atoms with van der Waals surface area (Å²) in [7, 11) is 1.71. The number of carbonyl (C=O) groups excluding carboxylic acids is 2. The molecule has 0 spiro atoms. The summed E-state index contributed by atoms with van der Waals surface area (Å²) < 4.78 is 12.9. The molecule has 0 saturated heterocycles. The van der Waals surface area contributed by atoms with Gasteiger partial charge in [0.05, 0.1) is 12.6 Å². The molecule has 6 heteroatoms. The van der Waals surface area contributed by atoms with Gasteiger partial charge in [0, 0.05) is 12.2 Å². The fourth-order valence-electron chi connectivity index (χ4n) is 2.23. The number of anilines is 1. The zero-order chi connectivity index (χ0) is 18.2. The third-order valence-corrected chi connectivity index (χ3v) is 3.87. The lowest BCUT2D eigenvalue weighted by Crippen LogP contribution is -2.45. The van der Waals surface area contributed by atoms with E-state index in [-0.39, 0.29) is 24.2 Å². The van der Waals surface area contributed by atoms with Gasteiger partial charge in [-0.25, -0.2) is 4.39 Å². The van der Waals surface area contributed by atoms with E-state index in [0.717, 1.165) is 5.56 Å². The van der Waals surface area contributed by atoms with Gasteiger partial charge in [0.2, 0.25) is 11.8 Å². The summed E-state index contributed by atoms with van der Waals surface area (Å²) in [5.74, 6) is -0.781. The number of amides is 2. The van der Waals surface area contributed by atoms with Crippen LogP contribution in [-0.4, -0.2) is 36.3 Å². The number of benzene rings is 2. The number of carbonyl (C=O) groups is 2. The van der Waals surface area contributed by atoms with Crippen LogP contribution in [-0.2, 0) is 16.1 Å². The minimum absolute atomic E-state index is 0.0529. The topological polar surface area (TPSA) is 61.4 Å². The van der Waals surface area contributed by atoms with Crippen molar-refractivity contribution < 1.29 is 14.0 Å². The number of nitrogens with zero attached hydrogens (tertiary/aromatic N) is 1. The van der Waals surface area contributed by atoms with Gasteiger partial charge in [-0.2, -0.15) is 0 Å². The number of hydrogen-bond donors (Lipinski definition) is 2. The van der Waals surface area contributed by atoms with Crippen LogP contribution in [0, 0.1) is 5.82 Å². The first-order valence-electron chi connectivity index (χ1n) is 8.03. The molecule has 132 valence electrons. The Morgan fingerprint density at radius 2 is 1.72 bits per heavy atom. The predicted octanol–water partition coefficient (Wildman–Crippen LogP) is 2.40. The molecule has 0 aromatic heterocycles. The highest BCUT2D eigenvalue weighted by Gasteiger charge is 2.19. The maximum Gasteiger partial charge on any atom is 0.238 e. The normalized spacial score (nSPS) is 11.8. The lowest BCUT2D eigenvalue weighted by molar-refractivity contribution is -0.126. The van der Waals surface area contributed by atoms with Crippen molar-refractivity contribution >= 4 is 17.5 Å². The van der Waals surface area contributed by atoms with Gasteiger partial charge in [0.15, 0.2) is 0 Å². The average molecular weight is 343 g/mol. The van der Waals surface area contributed by atoms with Gasteiger partial charge in [0.25, 0.3) is 0 Å². The summed E-state index contributed by atoms with van der Waals surface area (Å²) in [4.78, 5) is 25.9. The Hall–Kier alpha value is -2.73. The molecule has 25 heavy (non-hydrogen) atoms. The largest absolute Gasteiger partial charge is 0.351 e. The second-order valence-electron chi connectivity index (χ2n) is 5.85. The van der Waals surface area contributed by atoms with E-state index in [0.29, 0.717) is 12.2 Å². The van der Waals surface area contributed by atoms with E-state index in [2.05, 4.69) is 10.6 Å². The van der Waals surface area contributed by atoms with Gasteiger partial charge in [-0.3, -0.25) is 14.5 Å². The van der Waals surface area contributed by atoms with E-state index in [4.69, 9.17) is 0 Å². The minimum atomic E-state index is -0.456. The summed E-state index contributed by atoms with van der Waals surface area (Å²) in [6.07, 6.45) is 0. The van der Waals surface area contributed by atoms with Gasteiger partial charge in [0.1, 0.15) is 5.82 Å². The van der Waals surface area contributed by atoms with E-state index >= 15 is 0 Å². The molecule has 1 atom stereocenters.